The third kappa shape index (κ3) is 2.39. The molecule has 88 valence electrons. The quantitative estimate of drug-likeness (QED) is 0.767. The Morgan fingerprint density at radius 1 is 1.35 bits per heavy atom. The van der Waals surface area contributed by atoms with Crippen LogP contribution in [0.4, 0.5) is 4.79 Å². The number of hydrogen-bond acceptors (Lipinski definition) is 4. The normalized spacial score (nSPS) is 15.5. The van der Waals surface area contributed by atoms with E-state index in [4.69, 9.17) is 0 Å². The van der Waals surface area contributed by atoms with E-state index >= 15 is 0 Å². The lowest BCUT2D eigenvalue weighted by atomic mass is 10.0. The van der Waals surface area contributed by atoms with Crippen LogP contribution in [-0.4, -0.2) is 34.1 Å². The molecule has 0 saturated carbocycles. The van der Waals surface area contributed by atoms with E-state index < -0.39 is 0 Å². The first-order valence-electron chi connectivity index (χ1n) is 5.15. The fraction of sp³-hybridized carbons (Fsp3) is 0.250. The van der Waals surface area contributed by atoms with Crippen LogP contribution in [0.25, 0.3) is 0 Å². The minimum absolute atomic E-state index is 0.139. The second-order valence-corrected chi connectivity index (χ2v) is 4.70. The first kappa shape index (κ1) is 11.9. The molecule has 4 nitrogen and oxygen atoms in total. The van der Waals surface area contributed by atoms with E-state index in [-0.39, 0.29) is 29.2 Å². The van der Waals surface area contributed by atoms with Gasteiger partial charge in [-0.05, 0) is 12.5 Å². The summed E-state index contributed by atoms with van der Waals surface area (Å²) in [5.41, 5.74) is 1.41. The van der Waals surface area contributed by atoms with Crippen molar-refractivity contribution in [1.82, 2.24) is 4.90 Å². The number of benzene rings is 1. The van der Waals surface area contributed by atoms with Crippen LogP contribution in [0.5, 0.6) is 0 Å². The van der Waals surface area contributed by atoms with Crippen LogP contribution >= 0.6 is 11.8 Å². The van der Waals surface area contributed by atoms with Crippen LogP contribution in [-0.2, 0) is 4.79 Å². The SMILES string of the molecule is Cc1ccccc1C(=O)CN1C(=O)CSC1=O. The monoisotopic (exact) mass is 249 g/mol. The molecule has 1 fully saturated rings. The van der Waals surface area contributed by atoms with E-state index in [1.807, 2.05) is 19.1 Å². The largest absolute Gasteiger partial charge is 0.292 e. The second kappa shape index (κ2) is 4.71. The second-order valence-electron chi connectivity index (χ2n) is 3.77. The van der Waals surface area contributed by atoms with Crippen molar-refractivity contribution in [2.24, 2.45) is 0 Å². The van der Waals surface area contributed by atoms with Crippen LogP contribution in [0.1, 0.15) is 15.9 Å². The Bertz CT molecular complexity index is 482. The number of rotatable bonds is 3. The Morgan fingerprint density at radius 2 is 2.06 bits per heavy atom. The molecule has 1 saturated heterocycles. The Labute approximate surface area is 103 Å². The predicted molar refractivity (Wildman–Crippen MR) is 65.1 cm³/mol. The highest BCUT2D eigenvalue weighted by molar-refractivity contribution is 8.14. The molecular formula is C12H11NO3S. The summed E-state index contributed by atoms with van der Waals surface area (Å²) >= 11 is 0.940. The van der Waals surface area contributed by atoms with Gasteiger partial charge in [0.05, 0.1) is 12.3 Å². The summed E-state index contributed by atoms with van der Waals surface area (Å²) in [6.07, 6.45) is 0. The van der Waals surface area contributed by atoms with Gasteiger partial charge in [0.1, 0.15) is 0 Å². The van der Waals surface area contributed by atoms with Gasteiger partial charge >= 0.3 is 0 Å². The van der Waals surface area contributed by atoms with E-state index in [1.54, 1.807) is 12.1 Å². The molecule has 1 heterocycles. The van der Waals surface area contributed by atoms with Crippen LogP contribution in [0.15, 0.2) is 24.3 Å². The lowest BCUT2D eigenvalue weighted by molar-refractivity contribution is -0.124. The molecule has 0 atom stereocenters. The Kier molecular flexibility index (Phi) is 3.28. The molecule has 5 heteroatoms. The molecule has 0 radical (unpaired) electrons. The highest BCUT2D eigenvalue weighted by Gasteiger charge is 2.31. The predicted octanol–water partition coefficient (Wildman–Crippen LogP) is 1.87. The fourth-order valence-corrected chi connectivity index (χ4v) is 2.37. The van der Waals surface area contributed by atoms with E-state index in [9.17, 15) is 14.4 Å². The van der Waals surface area contributed by atoms with E-state index in [1.165, 1.54) is 0 Å². The van der Waals surface area contributed by atoms with Crippen molar-refractivity contribution in [1.29, 1.82) is 0 Å². The van der Waals surface area contributed by atoms with E-state index in [0.29, 0.717) is 5.56 Å². The summed E-state index contributed by atoms with van der Waals surface area (Å²) < 4.78 is 0. The zero-order valence-electron chi connectivity index (χ0n) is 9.30. The molecule has 2 rings (SSSR count). The molecule has 1 aromatic rings. The number of thioether (sulfide) groups is 1. The van der Waals surface area contributed by atoms with Crippen molar-refractivity contribution < 1.29 is 14.4 Å². The molecule has 0 aliphatic carbocycles. The van der Waals surface area contributed by atoms with Gasteiger partial charge in [-0.25, -0.2) is 0 Å². The van der Waals surface area contributed by atoms with Gasteiger partial charge in [-0.1, -0.05) is 36.0 Å². The molecule has 2 amide bonds. The van der Waals surface area contributed by atoms with Crippen LogP contribution in [0, 0.1) is 6.92 Å². The standard InChI is InChI=1S/C12H11NO3S/c1-8-4-2-3-5-9(8)10(14)6-13-11(15)7-17-12(13)16/h2-5H,6-7H2,1H3. The Balaban J connectivity index is 2.15. The third-order valence-corrected chi connectivity index (χ3v) is 3.45. The first-order chi connectivity index (χ1) is 8.09. The number of aryl methyl sites for hydroxylation is 1. The van der Waals surface area contributed by atoms with Crippen LogP contribution in [0.2, 0.25) is 0 Å². The third-order valence-electron chi connectivity index (χ3n) is 2.59. The van der Waals surface area contributed by atoms with Crippen molar-refractivity contribution in [3.05, 3.63) is 35.4 Å². The number of carbonyl (C=O) groups excluding carboxylic acids is 3. The molecule has 1 aliphatic heterocycles. The molecule has 0 N–H and O–H groups in total. The number of amides is 2. The molecule has 0 aromatic heterocycles. The lowest BCUT2D eigenvalue weighted by Crippen LogP contribution is -2.34. The molecule has 0 spiro atoms. The van der Waals surface area contributed by atoms with Gasteiger partial charge in [-0.3, -0.25) is 19.3 Å². The number of hydrogen-bond donors (Lipinski definition) is 0. The van der Waals surface area contributed by atoms with Crippen molar-refractivity contribution in [2.75, 3.05) is 12.3 Å². The van der Waals surface area contributed by atoms with Crippen molar-refractivity contribution in [3.8, 4) is 0 Å². The van der Waals surface area contributed by atoms with Crippen molar-refractivity contribution in [2.45, 2.75) is 6.92 Å². The summed E-state index contributed by atoms with van der Waals surface area (Å²) in [4.78, 5) is 35.7. The Hall–Kier alpha value is -1.62. The maximum absolute atomic E-state index is 12.0. The minimum Gasteiger partial charge on any atom is -0.292 e. The maximum Gasteiger partial charge on any atom is 0.289 e. The van der Waals surface area contributed by atoms with Gasteiger partial charge in [0.25, 0.3) is 5.24 Å². The number of ketones is 1. The number of imide groups is 1. The first-order valence-corrected chi connectivity index (χ1v) is 6.14. The van der Waals surface area contributed by atoms with E-state index in [2.05, 4.69) is 0 Å². The highest BCUT2D eigenvalue weighted by Crippen LogP contribution is 2.19. The Morgan fingerprint density at radius 3 is 2.65 bits per heavy atom. The summed E-state index contributed by atoms with van der Waals surface area (Å²) in [7, 11) is 0. The maximum atomic E-state index is 12.0. The number of nitrogens with zero attached hydrogens (tertiary/aromatic N) is 1. The zero-order valence-corrected chi connectivity index (χ0v) is 10.1. The van der Waals surface area contributed by atoms with Gasteiger partial charge in [0.2, 0.25) is 5.91 Å². The summed E-state index contributed by atoms with van der Waals surface area (Å²) in [5.74, 6) is -0.353. The minimum atomic E-state index is -0.336. The van der Waals surface area contributed by atoms with Gasteiger partial charge in [0.15, 0.2) is 5.78 Å². The molecule has 1 aliphatic rings. The summed E-state index contributed by atoms with van der Waals surface area (Å²) in [6, 6.07) is 7.14. The lowest BCUT2D eigenvalue weighted by Gasteiger charge is -2.12. The molecule has 0 bridgehead atoms. The highest BCUT2D eigenvalue weighted by atomic mass is 32.2. The molecule has 1 aromatic carbocycles. The topological polar surface area (TPSA) is 54.5 Å². The smallest absolute Gasteiger partial charge is 0.289 e. The van der Waals surface area contributed by atoms with Crippen LogP contribution in [0.3, 0.4) is 0 Å². The zero-order chi connectivity index (χ0) is 12.4. The fourth-order valence-electron chi connectivity index (χ4n) is 1.65. The van der Waals surface area contributed by atoms with Crippen molar-refractivity contribution in [3.63, 3.8) is 0 Å². The molecule has 0 unspecified atom stereocenters. The average molecular weight is 249 g/mol. The van der Waals surface area contributed by atoms with Gasteiger partial charge in [-0.2, -0.15) is 0 Å². The van der Waals surface area contributed by atoms with Crippen LogP contribution < -0.4 is 0 Å². The van der Waals surface area contributed by atoms with Gasteiger partial charge in [0, 0.05) is 5.56 Å². The van der Waals surface area contributed by atoms with Crippen molar-refractivity contribution >= 4 is 28.7 Å². The summed E-state index contributed by atoms with van der Waals surface area (Å²) in [5, 5.41) is -0.336. The van der Waals surface area contributed by atoms with Gasteiger partial charge in [-0.15, -0.1) is 0 Å². The molecule has 17 heavy (non-hydrogen) atoms. The summed E-state index contributed by atoms with van der Waals surface area (Å²) in [6.45, 7) is 1.67. The number of Topliss-reactive ketones (excluding diaryl/α,β-unsaturated/α-hetero) is 1. The number of carbonyl (C=O) groups is 3. The van der Waals surface area contributed by atoms with Gasteiger partial charge < -0.3 is 0 Å². The average Bonchev–Trinajstić information content (AvgIpc) is 2.61. The molecular weight excluding hydrogens is 238 g/mol. The van der Waals surface area contributed by atoms with E-state index in [0.717, 1.165) is 22.2 Å².